The zero-order valence-electron chi connectivity index (χ0n) is 20.9. The number of carbonyl (C=O) groups is 1. The maximum Gasteiger partial charge on any atom is 0.251 e. The van der Waals surface area contributed by atoms with E-state index in [-0.39, 0.29) is 12.0 Å². The van der Waals surface area contributed by atoms with E-state index in [1.807, 2.05) is 43.3 Å². The number of nitrogens with zero attached hydrogens (tertiary/aromatic N) is 2. The zero-order chi connectivity index (χ0) is 24.7. The zero-order valence-corrected chi connectivity index (χ0v) is 20.9. The summed E-state index contributed by atoms with van der Waals surface area (Å²) < 4.78 is 12.4. The van der Waals surface area contributed by atoms with Gasteiger partial charge in [0.25, 0.3) is 5.91 Å². The predicted molar refractivity (Wildman–Crippen MR) is 141 cm³/mol. The number of benzene rings is 2. The van der Waals surface area contributed by atoms with E-state index in [9.17, 15) is 4.79 Å². The SMILES string of the molecule is Cc1cc2ccc1-c1ccnc(n1)Nc1ccc(OC3CCCCC3)c(c1)COCCCCNC2=O. The second kappa shape index (κ2) is 11.5. The summed E-state index contributed by atoms with van der Waals surface area (Å²) in [5.41, 5.74) is 5.32. The van der Waals surface area contributed by atoms with Crippen LogP contribution in [0.5, 0.6) is 5.75 Å². The Hall–Kier alpha value is -3.45. The highest BCUT2D eigenvalue weighted by Crippen LogP contribution is 2.30. The van der Waals surface area contributed by atoms with Gasteiger partial charge >= 0.3 is 0 Å². The number of amides is 1. The number of anilines is 2. The third-order valence-electron chi connectivity index (χ3n) is 6.84. The van der Waals surface area contributed by atoms with Crippen LogP contribution in [-0.2, 0) is 11.3 Å². The Kier molecular flexibility index (Phi) is 7.76. The van der Waals surface area contributed by atoms with Crippen molar-refractivity contribution in [2.75, 3.05) is 18.5 Å². The van der Waals surface area contributed by atoms with Gasteiger partial charge < -0.3 is 20.1 Å². The topological polar surface area (TPSA) is 85.4 Å². The molecular weight excluding hydrogens is 452 g/mol. The molecule has 3 aliphatic rings. The first kappa shape index (κ1) is 24.3. The van der Waals surface area contributed by atoms with Gasteiger partial charge in [0.2, 0.25) is 5.95 Å². The minimum absolute atomic E-state index is 0.0611. The summed E-state index contributed by atoms with van der Waals surface area (Å²) in [6, 6.07) is 13.7. The number of carbonyl (C=O) groups excluding carboxylic acids is 1. The monoisotopic (exact) mass is 486 g/mol. The molecule has 0 saturated heterocycles. The van der Waals surface area contributed by atoms with Crippen LogP contribution < -0.4 is 15.4 Å². The molecule has 0 radical (unpaired) electrons. The Morgan fingerprint density at radius 1 is 1.00 bits per heavy atom. The third-order valence-corrected chi connectivity index (χ3v) is 6.84. The van der Waals surface area contributed by atoms with Gasteiger partial charge in [-0.3, -0.25) is 4.79 Å². The minimum atomic E-state index is -0.0611. The molecule has 0 atom stereocenters. The molecule has 6 bridgehead atoms. The van der Waals surface area contributed by atoms with Crippen molar-refractivity contribution in [3.63, 3.8) is 0 Å². The molecule has 1 amide bonds. The van der Waals surface area contributed by atoms with Crippen LogP contribution >= 0.6 is 0 Å². The molecule has 7 heteroatoms. The average Bonchev–Trinajstić information content (AvgIpc) is 2.89. The van der Waals surface area contributed by atoms with Gasteiger partial charge in [-0.25, -0.2) is 9.97 Å². The molecule has 2 aromatic carbocycles. The molecule has 1 aliphatic carbocycles. The fourth-order valence-electron chi connectivity index (χ4n) is 4.85. The van der Waals surface area contributed by atoms with E-state index in [4.69, 9.17) is 14.5 Å². The maximum absolute atomic E-state index is 12.6. The Bertz CT molecular complexity index is 1210. The molecule has 36 heavy (non-hydrogen) atoms. The lowest BCUT2D eigenvalue weighted by atomic mass is 9.97. The van der Waals surface area contributed by atoms with Crippen molar-refractivity contribution in [2.45, 2.75) is 64.6 Å². The van der Waals surface area contributed by atoms with Crippen LogP contribution in [0.15, 0.2) is 48.7 Å². The van der Waals surface area contributed by atoms with Crippen LogP contribution in [0.2, 0.25) is 0 Å². The minimum Gasteiger partial charge on any atom is -0.490 e. The standard InChI is InChI=1S/C29H34N4O3/c1-20-17-21-9-11-25(20)26-13-15-31-29(33-26)32-23-10-12-27(36-24-7-3-2-4-8-24)22(18-23)19-35-16-6-5-14-30-28(21)34/h9-13,15,17-18,24H,2-8,14,16,19H2,1H3,(H,30,34)(H,31,32,33). The summed E-state index contributed by atoms with van der Waals surface area (Å²) in [6.45, 7) is 3.70. The van der Waals surface area contributed by atoms with E-state index < -0.39 is 0 Å². The van der Waals surface area contributed by atoms with Crippen molar-refractivity contribution in [2.24, 2.45) is 0 Å². The van der Waals surface area contributed by atoms with E-state index in [2.05, 4.69) is 21.7 Å². The van der Waals surface area contributed by atoms with Crippen molar-refractivity contribution >= 4 is 17.5 Å². The number of hydrogen-bond acceptors (Lipinski definition) is 6. The van der Waals surface area contributed by atoms with Gasteiger partial charge in [0.1, 0.15) is 5.75 Å². The average molecular weight is 487 g/mol. The van der Waals surface area contributed by atoms with Gasteiger partial charge in [-0.2, -0.15) is 0 Å². The normalized spacial score (nSPS) is 17.3. The number of rotatable bonds is 2. The summed E-state index contributed by atoms with van der Waals surface area (Å²) in [5.74, 6) is 1.34. The molecule has 6 rings (SSSR count). The van der Waals surface area contributed by atoms with Crippen LogP contribution in [0.1, 0.15) is 66.4 Å². The Labute approximate surface area is 212 Å². The quantitative estimate of drug-likeness (QED) is 0.466. The molecule has 7 nitrogen and oxygen atoms in total. The largest absolute Gasteiger partial charge is 0.490 e. The van der Waals surface area contributed by atoms with Crippen molar-refractivity contribution < 1.29 is 14.3 Å². The lowest BCUT2D eigenvalue weighted by Crippen LogP contribution is -2.24. The molecular formula is C29H34N4O3. The number of fused-ring (bicyclic) bond motifs is 9. The van der Waals surface area contributed by atoms with Crippen LogP contribution in [0.4, 0.5) is 11.6 Å². The molecule has 188 valence electrons. The molecule has 3 aromatic rings. The Morgan fingerprint density at radius 2 is 1.89 bits per heavy atom. The van der Waals surface area contributed by atoms with E-state index in [0.717, 1.165) is 59.5 Å². The van der Waals surface area contributed by atoms with Crippen molar-refractivity contribution in [1.82, 2.24) is 15.3 Å². The molecule has 2 N–H and O–H groups in total. The first-order valence-electron chi connectivity index (χ1n) is 13.0. The molecule has 0 spiro atoms. The maximum atomic E-state index is 12.6. The number of aromatic nitrogens is 2. The summed E-state index contributed by atoms with van der Waals surface area (Å²) in [6.07, 6.45) is 9.69. The van der Waals surface area contributed by atoms with E-state index >= 15 is 0 Å². The fourth-order valence-corrected chi connectivity index (χ4v) is 4.85. The first-order valence-corrected chi connectivity index (χ1v) is 13.0. The van der Waals surface area contributed by atoms with Gasteiger partial charge in [-0.15, -0.1) is 0 Å². The highest BCUT2D eigenvalue weighted by molar-refractivity contribution is 5.95. The Balaban J connectivity index is 1.43. The van der Waals surface area contributed by atoms with Crippen molar-refractivity contribution in [1.29, 1.82) is 0 Å². The molecule has 0 unspecified atom stereocenters. The summed E-state index contributed by atoms with van der Waals surface area (Å²) in [7, 11) is 0. The lowest BCUT2D eigenvalue weighted by molar-refractivity contribution is 0.0942. The molecule has 3 heterocycles. The molecule has 2 aliphatic heterocycles. The summed E-state index contributed by atoms with van der Waals surface area (Å²) >= 11 is 0. The van der Waals surface area contributed by atoms with Crippen LogP contribution in [0.3, 0.4) is 0 Å². The van der Waals surface area contributed by atoms with Crippen LogP contribution in [-0.4, -0.2) is 35.1 Å². The summed E-state index contributed by atoms with van der Waals surface area (Å²) in [5, 5.41) is 6.36. The van der Waals surface area contributed by atoms with Gasteiger partial charge in [0.05, 0.1) is 18.4 Å². The van der Waals surface area contributed by atoms with Crippen LogP contribution in [0.25, 0.3) is 11.3 Å². The number of ether oxygens (including phenoxy) is 2. The Morgan fingerprint density at radius 3 is 2.75 bits per heavy atom. The third kappa shape index (κ3) is 6.02. The van der Waals surface area contributed by atoms with Crippen molar-refractivity contribution in [3.8, 4) is 17.0 Å². The first-order chi connectivity index (χ1) is 17.7. The highest BCUT2D eigenvalue weighted by Gasteiger charge is 2.17. The van der Waals surface area contributed by atoms with Gasteiger partial charge in [0, 0.05) is 41.7 Å². The van der Waals surface area contributed by atoms with E-state index in [0.29, 0.717) is 31.3 Å². The smallest absolute Gasteiger partial charge is 0.251 e. The lowest BCUT2D eigenvalue weighted by Gasteiger charge is -2.24. The van der Waals surface area contributed by atoms with Gasteiger partial charge in [-0.05, 0) is 87.4 Å². The predicted octanol–water partition coefficient (Wildman–Crippen LogP) is 5.95. The molecule has 1 aromatic heterocycles. The van der Waals surface area contributed by atoms with Crippen molar-refractivity contribution in [3.05, 3.63) is 65.4 Å². The van der Waals surface area contributed by atoms with E-state index in [1.54, 1.807) is 6.20 Å². The summed E-state index contributed by atoms with van der Waals surface area (Å²) in [4.78, 5) is 21.8. The highest BCUT2D eigenvalue weighted by atomic mass is 16.5. The van der Waals surface area contributed by atoms with E-state index in [1.165, 1.54) is 19.3 Å². The fraction of sp³-hybridized carbons (Fsp3) is 0.414. The van der Waals surface area contributed by atoms with Gasteiger partial charge in [-0.1, -0.05) is 12.5 Å². The van der Waals surface area contributed by atoms with Crippen LogP contribution in [0, 0.1) is 6.92 Å². The number of nitrogens with one attached hydrogen (secondary N) is 2. The number of hydrogen-bond donors (Lipinski definition) is 2. The second-order valence-corrected chi connectivity index (χ2v) is 9.64. The van der Waals surface area contributed by atoms with Gasteiger partial charge in [0.15, 0.2) is 0 Å². The number of aryl methyl sites for hydroxylation is 1. The second-order valence-electron chi connectivity index (χ2n) is 9.64. The molecule has 1 fully saturated rings. The molecule has 1 saturated carbocycles.